The van der Waals surface area contributed by atoms with Crippen LogP contribution in [0, 0.1) is 23.4 Å². The molecule has 2 heterocycles. The molecular formula is C22H22F3N3O3S. The van der Waals surface area contributed by atoms with Gasteiger partial charge in [-0.05, 0) is 56.3 Å². The third-order valence-electron chi connectivity index (χ3n) is 5.66. The number of benzene rings is 2. The van der Waals surface area contributed by atoms with Crippen LogP contribution >= 0.6 is 11.8 Å². The van der Waals surface area contributed by atoms with E-state index in [-0.39, 0.29) is 23.8 Å². The lowest BCUT2D eigenvalue weighted by Crippen LogP contribution is -2.53. The van der Waals surface area contributed by atoms with E-state index in [9.17, 15) is 18.0 Å². The average molecular weight is 465 g/mol. The van der Waals surface area contributed by atoms with E-state index >= 15 is 0 Å². The smallest absolute Gasteiger partial charge is 0.273 e. The lowest BCUT2D eigenvalue weighted by atomic mass is 9.86. The van der Waals surface area contributed by atoms with Crippen LogP contribution in [0.2, 0.25) is 0 Å². The largest absolute Gasteiger partial charge is 0.493 e. The predicted octanol–water partition coefficient (Wildman–Crippen LogP) is 3.59. The van der Waals surface area contributed by atoms with E-state index in [2.05, 4.69) is 5.10 Å². The second-order valence-corrected chi connectivity index (χ2v) is 8.79. The molecule has 4 rings (SSSR count). The van der Waals surface area contributed by atoms with Crippen molar-refractivity contribution in [2.75, 3.05) is 20.3 Å². The second-order valence-electron chi connectivity index (χ2n) is 7.58. The number of methoxy groups -OCH3 is 1. The molecule has 0 bridgehead atoms. The molecule has 0 fully saturated rings. The molecular weight excluding hydrogens is 443 g/mol. The van der Waals surface area contributed by atoms with Crippen molar-refractivity contribution in [1.29, 1.82) is 0 Å². The third-order valence-corrected chi connectivity index (χ3v) is 7.19. The van der Waals surface area contributed by atoms with Crippen molar-refractivity contribution >= 4 is 22.7 Å². The fourth-order valence-electron chi connectivity index (χ4n) is 3.97. The van der Waals surface area contributed by atoms with Gasteiger partial charge in [-0.1, -0.05) is 11.8 Å². The molecule has 0 radical (unpaired) electrons. The molecule has 2 aliphatic heterocycles. The van der Waals surface area contributed by atoms with Crippen molar-refractivity contribution in [3.63, 3.8) is 0 Å². The molecule has 1 spiro atoms. The number of ether oxygens (including phenoxy) is 2. The van der Waals surface area contributed by atoms with Crippen molar-refractivity contribution < 1.29 is 27.4 Å². The molecule has 2 aromatic carbocycles. The summed E-state index contributed by atoms with van der Waals surface area (Å²) in [6.07, 6.45) is -0.464. The van der Waals surface area contributed by atoms with Crippen molar-refractivity contribution in [2.45, 2.75) is 24.3 Å². The molecule has 6 nitrogen and oxygen atoms in total. The zero-order valence-corrected chi connectivity index (χ0v) is 18.3. The maximum atomic E-state index is 14.6. The quantitative estimate of drug-likeness (QED) is 0.731. The Balaban J connectivity index is 1.94. The summed E-state index contributed by atoms with van der Waals surface area (Å²) in [7, 11) is 1.38. The first kappa shape index (κ1) is 22.6. The van der Waals surface area contributed by atoms with E-state index in [0.29, 0.717) is 17.7 Å². The van der Waals surface area contributed by atoms with Crippen LogP contribution in [0.5, 0.6) is 5.75 Å². The summed E-state index contributed by atoms with van der Waals surface area (Å²) < 4.78 is 54.0. The van der Waals surface area contributed by atoms with Crippen LogP contribution in [0.25, 0.3) is 0 Å². The highest BCUT2D eigenvalue weighted by molar-refractivity contribution is 8.15. The maximum absolute atomic E-state index is 14.6. The van der Waals surface area contributed by atoms with Crippen LogP contribution in [0.15, 0.2) is 41.5 Å². The number of amides is 1. The SMILES string of the molecule is COC(C)C(=O)N1N=C(c2cc(F)ccc2F)SC12c1cc(F)ccc1OCC2CCN. The Kier molecular flexibility index (Phi) is 6.19. The number of hydrogen-bond donors (Lipinski definition) is 1. The number of hydrazone groups is 1. The first-order valence-corrected chi connectivity index (χ1v) is 10.9. The van der Waals surface area contributed by atoms with Gasteiger partial charge in [-0.25, -0.2) is 18.2 Å². The average Bonchev–Trinajstić information content (AvgIpc) is 3.17. The van der Waals surface area contributed by atoms with Crippen LogP contribution in [-0.4, -0.2) is 42.3 Å². The molecule has 0 saturated carbocycles. The number of hydrogen-bond acceptors (Lipinski definition) is 6. The number of carbonyl (C=O) groups excluding carboxylic acids is 1. The fraction of sp³-hybridized carbons (Fsp3) is 0.364. The molecule has 3 unspecified atom stereocenters. The van der Waals surface area contributed by atoms with Gasteiger partial charge in [-0.15, -0.1) is 0 Å². The van der Waals surface area contributed by atoms with Crippen molar-refractivity contribution in [3.05, 3.63) is 65.0 Å². The Labute approximate surface area is 187 Å². The molecule has 0 saturated heterocycles. The molecule has 10 heteroatoms. The number of nitrogens with two attached hydrogens (primary N) is 1. The van der Waals surface area contributed by atoms with Gasteiger partial charge in [0.15, 0.2) is 4.87 Å². The molecule has 3 atom stereocenters. The van der Waals surface area contributed by atoms with E-state index in [1.807, 2.05) is 0 Å². The van der Waals surface area contributed by atoms with Gasteiger partial charge in [0, 0.05) is 24.2 Å². The van der Waals surface area contributed by atoms with Gasteiger partial charge in [0.05, 0.1) is 6.61 Å². The van der Waals surface area contributed by atoms with Gasteiger partial charge in [0.25, 0.3) is 5.91 Å². The number of fused-ring (bicyclic) bond motifs is 2. The van der Waals surface area contributed by atoms with Gasteiger partial charge in [-0.2, -0.15) is 5.10 Å². The van der Waals surface area contributed by atoms with Crippen LogP contribution in [0.4, 0.5) is 13.2 Å². The van der Waals surface area contributed by atoms with E-state index in [0.717, 1.165) is 30.0 Å². The number of carbonyl (C=O) groups is 1. The molecule has 0 aromatic heterocycles. The second kappa shape index (κ2) is 8.76. The molecule has 0 aliphatic carbocycles. The fourth-order valence-corrected chi connectivity index (χ4v) is 5.49. The minimum absolute atomic E-state index is 0.0920. The zero-order valence-electron chi connectivity index (χ0n) is 17.5. The summed E-state index contributed by atoms with van der Waals surface area (Å²) >= 11 is 1.06. The Hall–Kier alpha value is -2.56. The van der Waals surface area contributed by atoms with Crippen LogP contribution in [-0.2, 0) is 14.4 Å². The lowest BCUT2D eigenvalue weighted by molar-refractivity contribution is -0.147. The number of rotatable bonds is 5. The van der Waals surface area contributed by atoms with Gasteiger partial charge < -0.3 is 15.2 Å². The maximum Gasteiger partial charge on any atom is 0.273 e. The lowest BCUT2D eigenvalue weighted by Gasteiger charge is -2.45. The summed E-state index contributed by atoms with van der Waals surface area (Å²) in [6, 6.07) is 7.04. The highest BCUT2D eigenvalue weighted by Crippen LogP contribution is 2.57. The van der Waals surface area contributed by atoms with Crippen molar-refractivity contribution in [2.24, 2.45) is 16.8 Å². The van der Waals surface area contributed by atoms with Crippen molar-refractivity contribution in [3.8, 4) is 5.75 Å². The monoisotopic (exact) mass is 465 g/mol. The van der Waals surface area contributed by atoms with Crippen LogP contribution in [0.1, 0.15) is 24.5 Å². The number of nitrogens with zero attached hydrogens (tertiary/aromatic N) is 2. The predicted molar refractivity (Wildman–Crippen MR) is 115 cm³/mol. The van der Waals surface area contributed by atoms with Gasteiger partial charge >= 0.3 is 0 Å². The van der Waals surface area contributed by atoms with E-state index in [4.69, 9.17) is 15.2 Å². The normalized spacial score (nSPS) is 23.0. The molecule has 2 aliphatic rings. The Morgan fingerprint density at radius 2 is 2.03 bits per heavy atom. The summed E-state index contributed by atoms with van der Waals surface area (Å²) in [5, 5.41) is 5.72. The first-order chi connectivity index (χ1) is 15.3. The minimum Gasteiger partial charge on any atom is -0.493 e. The van der Waals surface area contributed by atoms with Gasteiger partial charge in [-0.3, -0.25) is 4.79 Å². The minimum atomic E-state index is -1.27. The highest BCUT2D eigenvalue weighted by atomic mass is 32.2. The van der Waals surface area contributed by atoms with Crippen molar-refractivity contribution in [1.82, 2.24) is 5.01 Å². The van der Waals surface area contributed by atoms with Crippen LogP contribution < -0.4 is 10.5 Å². The molecule has 2 aromatic rings. The van der Waals surface area contributed by atoms with E-state index in [1.54, 1.807) is 6.92 Å². The van der Waals surface area contributed by atoms with E-state index in [1.165, 1.54) is 30.3 Å². The molecule has 1 amide bonds. The standard InChI is InChI=1S/C22H22F3N3O3S/c1-12(30-2)21(29)28-22(32-20(27-28)16-9-14(23)3-5-18(16)25)13(7-8-26)11-31-19-6-4-15(24)10-17(19)22/h3-6,9-10,12-13H,7-8,11,26H2,1-2H3. The zero-order chi connectivity index (χ0) is 23.0. The number of halogens is 3. The topological polar surface area (TPSA) is 77.1 Å². The highest BCUT2D eigenvalue weighted by Gasteiger charge is 2.57. The molecule has 2 N–H and O–H groups in total. The van der Waals surface area contributed by atoms with Gasteiger partial charge in [0.1, 0.15) is 34.3 Å². The Bertz CT molecular complexity index is 1080. The Morgan fingerprint density at radius 3 is 2.75 bits per heavy atom. The van der Waals surface area contributed by atoms with Crippen LogP contribution in [0.3, 0.4) is 0 Å². The summed E-state index contributed by atoms with van der Waals surface area (Å²) in [5.74, 6) is -2.40. The number of thioether (sulfide) groups is 1. The first-order valence-electron chi connectivity index (χ1n) is 10.0. The van der Waals surface area contributed by atoms with E-state index < -0.39 is 40.3 Å². The third kappa shape index (κ3) is 3.66. The molecule has 32 heavy (non-hydrogen) atoms. The molecule has 170 valence electrons. The van der Waals surface area contributed by atoms with Gasteiger partial charge in [0.2, 0.25) is 0 Å². The summed E-state index contributed by atoms with van der Waals surface area (Å²) in [4.78, 5) is 12.1. The summed E-state index contributed by atoms with van der Waals surface area (Å²) in [6.45, 7) is 2.01. The Morgan fingerprint density at radius 1 is 1.31 bits per heavy atom. The summed E-state index contributed by atoms with van der Waals surface area (Å²) in [5.41, 5.74) is 6.13.